The smallest absolute Gasteiger partial charge is 0.337 e. The van der Waals surface area contributed by atoms with Crippen molar-refractivity contribution < 1.29 is 45.8 Å². The third-order valence-corrected chi connectivity index (χ3v) is 4.22. The van der Waals surface area contributed by atoms with Crippen LogP contribution in [-0.4, -0.2) is 34.8 Å². The maximum Gasteiger partial charge on any atom is 0.337 e. The van der Waals surface area contributed by atoms with E-state index in [0.717, 1.165) is 0 Å². The van der Waals surface area contributed by atoms with Crippen LogP contribution in [-0.2, 0) is 14.4 Å². The Balaban J connectivity index is 2.42. The molecule has 7 N–H and O–H groups in total. The number of carbonyl (C=O) groups excluding carboxylic acids is 1. The number of dihydropyridines is 1. The van der Waals surface area contributed by atoms with Crippen LogP contribution in [0.3, 0.4) is 0 Å². The van der Waals surface area contributed by atoms with Crippen molar-refractivity contribution >= 4 is 11.7 Å². The molecule has 4 atom stereocenters. The number of allylic oxidation sites excluding steroid dienone is 3. The van der Waals surface area contributed by atoms with E-state index in [4.69, 9.17) is 9.94 Å². The number of ether oxygens (including phenoxy) is 1. The van der Waals surface area contributed by atoms with E-state index in [9.17, 15) is 30.8 Å². The van der Waals surface area contributed by atoms with Gasteiger partial charge in [-0.2, -0.15) is 20.5 Å². The second kappa shape index (κ2) is 9.86. The Morgan fingerprint density at radius 2 is 1.79 bits per heavy atom. The molecular formula is C16H22N4O9. The molecule has 0 bridgehead atoms. The lowest BCUT2D eigenvalue weighted by Crippen LogP contribution is -3.03. The number of carbonyl (C=O) groups is 1. The van der Waals surface area contributed by atoms with Crippen LogP contribution in [0.1, 0.15) is 25.3 Å². The molecule has 0 fully saturated rings. The Labute approximate surface area is 164 Å². The number of rotatable bonds is 8. The maximum absolute atomic E-state index is 12.7. The molecule has 0 aromatic heterocycles. The molecule has 1 heterocycles. The minimum absolute atomic E-state index is 0.0223. The first-order chi connectivity index (χ1) is 13.6. The van der Waals surface area contributed by atoms with Gasteiger partial charge in [0.1, 0.15) is 13.2 Å². The van der Waals surface area contributed by atoms with E-state index >= 15 is 0 Å². The summed E-state index contributed by atoms with van der Waals surface area (Å²) in [4.78, 5) is 17.0. The van der Waals surface area contributed by atoms with Gasteiger partial charge in [-0.25, -0.2) is 15.2 Å². The summed E-state index contributed by atoms with van der Waals surface area (Å²) < 4.78 is 5.04. The lowest BCUT2D eigenvalue weighted by atomic mass is 9.84. The van der Waals surface area contributed by atoms with Crippen LogP contribution >= 0.6 is 0 Å². The first-order valence-electron chi connectivity index (χ1n) is 8.41. The molecule has 1 aliphatic rings. The van der Waals surface area contributed by atoms with Gasteiger partial charge in [-0.05, 0) is 19.4 Å². The van der Waals surface area contributed by atoms with Gasteiger partial charge in [0, 0.05) is 17.8 Å². The summed E-state index contributed by atoms with van der Waals surface area (Å²) in [6, 6.07) is 5.62. The largest absolute Gasteiger partial charge is 0.595 e. The molecule has 0 aliphatic carbocycles. The van der Waals surface area contributed by atoms with E-state index in [-0.39, 0.29) is 35.7 Å². The number of esters is 1. The van der Waals surface area contributed by atoms with Crippen LogP contribution in [0.2, 0.25) is 0 Å². The number of hydroxylamine groups is 2. The zero-order valence-electron chi connectivity index (χ0n) is 15.6. The SMILES string of the molecule is CC1=C(C(=O)OCCO[NH+]([O-])O)[C@@H](c2cccc([NH+]([O-])O)c2)C([NH+]([O-])O)=C(C)N1. The lowest BCUT2D eigenvalue weighted by molar-refractivity contribution is -1.21. The summed E-state index contributed by atoms with van der Waals surface area (Å²) >= 11 is 0. The van der Waals surface area contributed by atoms with Crippen LogP contribution in [0.4, 0.5) is 5.69 Å². The molecule has 2 rings (SSSR count). The van der Waals surface area contributed by atoms with E-state index in [1.165, 1.54) is 31.2 Å². The average molecular weight is 414 g/mol. The van der Waals surface area contributed by atoms with E-state index in [1.54, 1.807) is 6.92 Å². The Bertz CT molecular complexity index is 807. The van der Waals surface area contributed by atoms with Gasteiger partial charge in [0.15, 0.2) is 11.4 Å². The van der Waals surface area contributed by atoms with Crippen LogP contribution < -0.4 is 21.2 Å². The van der Waals surface area contributed by atoms with Crippen molar-refractivity contribution in [1.29, 1.82) is 0 Å². The monoisotopic (exact) mass is 414 g/mol. The van der Waals surface area contributed by atoms with Crippen LogP contribution in [0.5, 0.6) is 0 Å². The second-order valence-electron chi connectivity index (χ2n) is 6.12. The second-order valence-corrected chi connectivity index (χ2v) is 6.12. The first kappa shape index (κ1) is 22.9. The summed E-state index contributed by atoms with van der Waals surface area (Å²) in [6.07, 6.45) is 0. The highest BCUT2D eigenvalue weighted by Crippen LogP contribution is 2.36. The fourth-order valence-electron chi connectivity index (χ4n) is 3.07. The maximum atomic E-state index is 12.7. The molecule has 0 radical (unpaired) electrons. The van der Waals surface area contributed by atoms with Crippen LogP contribution in [0.25, 0.3) is 0 Å². The van der Waals surface area contributed by atoms with Gasteiger partial charge in [0.25, 0.3) is 0 Å². The molecule has 13 heteroatoms. The summed E-state index contributed by atoms with van der Waals surface area (Å²) in [5.41, 5.74) is 0.700. The lowest BCUT2D eigenvalue weighted by Gasteiger charge is -2.32. The zero-order valence-corrected chi connectivity index (χ0v) is 15.6. The number of hydrogen-bond donors (Lipinski definition) is 7. The minimum atomic E-state index is -1.52. The zero-order chi connectivity index (χ0) is 21.7. The first-order valence-corrected chi connectivity index (χ1v) is 8.41. The highest BCUT2D eigenvalue weighted by molar-refractivity contribution is 5.92. The fourth-order valence-corrected chi connectivity index (χ4v) is 3.07. The van der Waals surface area contributed by atoms with Gasteiger partial charge in [-0.3, -0.25) is 0 Å². The molecule has 0 saturated carbocycles. The summed E-state index contributed by atoms with van der Waals surface area (Å²) in [7, 11) is 0. The van der Waals surface area contributed by atoms with Gasteiger partial charge in [0.2, 0.25) is 0 Å². The standard InChI is InChI=1S/C16H22N4O9/c1-9-13(16(21)28-6-7-29-20(26)27)14(15(19(24)25)10(2)17-9)11-4-3-5-12(8-11)18(22)23/h3-5,8,14,17-20,22,24,26H,6-7H2,1-2H3/t14-/m1/s1. The number of benzene rings is 1. The van der Waals surface area contributed by atoms with Gasteiger partial charge in [-0.1, -0.05) is 17.5 Å². The summed E-state index contributed by atoms with van der Waals surface area (Å²) in [6.45, 7) is 2.33. The molecular weight excluding hydrogens is 392 g/mol. The highest BCUT2D eigenvalue weighted by Gasteiger charge is 2.38. The van der Waals surface area contributed by atoms with Crippen LogP contribution in [0, 0.1) is 15.6 Å². The summed E-state index contributed by atoms with van der Waals surface area (Å²) in [5, 5.41) is 59.8. The molecule has 160 valence electrons. The van der Waals surface area contributed by atoms with Crippen molar-refractivity contribution in [1.82, 2.24) is 5.32 Å². The van der Waals surface area contributed by atoms with Crippen LogP contribution in [0.15, 0.2) is 46.9 Å². The molecule has 0 saturated heterocycles. The third-order valence-electron chi connectivity index (χ3n) is 4.22. The molecule has 1 aromatic carbocycles. The molecule has 1 aromatic rings. The minimum Gasteiger partial charge on any atom is -0.595 e. The van der Waals surface area contributed by atoms with E-state index in [0.29, 0.717) is 11.4 Å². The predicted molar refractivity (Wildman–Crippen MR) is 92.6 cm³/mol. The van der Waals surface area contributed by atoms with Gasteiger partial charge in [-0.15, -0.1) is 0 Å². The Kier molecular flexibility index (Phi) is 7.77. The Morgan fingerprint density at radius 3 is 2.38 bits per heavy atom. The highest BCUT2D eigenvalue weighted by atomic mass is 17.1. The average Bonchev–Trinajstić information content (AvgIpc) is 2.64. The number of hydrogen-bond acceptors (Lipinski definition) is 10. The Hall–Kier alpha value is -2.43. The van der Waals surface area contributed by atoms with Gasteiger partial charge >= 0.3 is 5.97 Å². The number of quaternary nitrogens is 3. The van der Waals surface area contributed by atoms with Gasteiger partial charge in [0.05, 0.1) is 17.2 Å². The van der Waals surface area contributed by atoms with Crippen molar-refractivity contribution in [2.75, 3.05) is 13.2 Å². The summed E-state index contributed by atoms with van der Waals surface area (Å²) in [5.74, 6) is -1.96. The van der Waals surface area contributed by atoms with Crippen molar-refractivity contribution in [2.24, 2.45) is 0 Å². The molecule has 0 amide bonds. The quantitative estimate of drug-likeness (QED) is 0.134. The molecule has 13 nitrogen and oxygen atoms in total. The van der Waals surface area contributed by atoms with E-state index in [1.807, 2.05) is 0 Å². The normalized spacial score (nSPS) is 20.2. The molecule has 1 aliphatic heterocycles. The van der Waals surface area contributed by atoms with Crippen molar-refractivity contribution in [2.45, 2.75) is 19.8 Å². The van der Waals surface area contributed by atoms with Crippen molar-refractivity contribution in [3.05, 3.63) is 68.1 Å². The topological polar surface area (TPSA) is 191 Å². The molecule has 29 heavy (non-hydrogen) atoms. The van der Waals surface area contributed by atoms with E-state index < -0.39 is 27.7 Å². The fraction of sp³-hybridized carbons (Fsp3) is 0.312. The number of nitrogens with one attached hydrogen (secondary N) is 4. The predicted octanol–water partition coefficient (Wildman–Crippen LogP) is -2.70. The Morgan fingerprint density at radius 1 is 1.10 bits per heavy atom. The third kappa shape index (κ3) is 5.55. The van der Waals surface area contributed by atoms with Crippen molar-refractivity contribution in [3.63, 3.8) is 0 Å². The van der Waals surface area contributed by atoms with Gasteiger partial charge < -0.3 is 25.7 Å². The van der Waals surface area contributed by atoms with E-state index in [2.05, 4.69) is 10.2 Å². The molecule has 3 unspecified atom stereocenters. The molecule has 0 spiro atoms. The van der Waals surface area contributed by atoms with Crippen molar-refractivity contribution in [3.8, 4) is 0 Å².